The van der Waals surface area contributed by atoms with E-state index in [0.29, 0.717) is 5.41 Å². The van der Waals surface area contributed by atoms with E-state index in [1.165, 1.54) is 25.7 Å². The lowest BCUT2D eigenvalue weighted by molar-refractivity contribution is 0.108. The molecule has 4 nitrogen and oxygen atoms in total. The van der Waals surface area contributed by atoms with Crippen molar-refractivity contribution in [3.8, 4) is 0 Å². The van der Waals surface area contributed by atoms with Gasteiger partial charge in [0.25, 0.3) is 0 Å². The fourth-order valence-electron chi connectivity index (χ4n) is 3.16. The number of rotatable bonds is 3. The summed E-state index contributed by atoms with van der Waals surface area (Å²) in [7, 11) is 0. The van der Waals surface area contributed by atoms with Gasteiger partial charge in [-0.2, -0.15) is 0 Å². The molecular formula is C15H29N3O. The van der Waals surface area contributed by atoms with Gasteiger partial charge in [0, 0.05) is 26.2 Å². The number of hydrogen-bond donors (Lipinski definition) is 2. The van der Waals surface area contributed by atoms with Gasteiger partial charge >= 0.3 is 0 Å². The lowest BCUT2D eigenvalue weighted by Crippen LogP contribution is -2.47. The van der Waals surface area contributed by atoms with E-state index in [2.05, 4.69) is 24.1 Å². The van der Waals surface area contributed by atoms with Crippen LogP contribution < -0.4 is 5.32 Å². The molecule has 0 spiro atoms. The maximum absolute atomic E-state index is 9.60. The minimum atomic E-state index is -0.119. The molecule has 0 amide bonds. The first-order valence-corrected chi connectivity index (χ1v) is 7.84. The molecule has 2 aliphatic rings. The molecule has 1 heterocycles. The molecule has 0 aromatic heterocycles. The van der Waals surface area contributed by atoms with Crippen LogP contribution in [0.2, 0.25) is 0 Å². The number of likely N-dealkylation sites (tertiary alicyclic amines) is 1. The zero-order valence-electron chi connectivity index (χ0n) is 12.5. The summed E-state index contributed by atoms with van der Waals surface area (Å²) < 4.78 is 0. The number of piperidine rings is 1. The Labute approximate surface area is 117 Å². The Morgan fingerprint density at radius 3 is 2.53 bits per heavy atom. The third kappa shape index (κ3) is 4.10. The Hall–Kier alpha value is -0.770. The molecule has 0 radical (unpaired) electrons. The first-order valence-electron chi connectivity index (χ1n) is 7.84. The van der Waals surface area contributed by atoms with Gasteiger partial charge in [-0.15, -0.1) is 0 Å². The monoisotopic (exact) mass is 267 g/mol. The minimum Gasteiger partial charge on any atom is -0.393 e. The standard InChI is InChI=1S/C15H29N3O/c1-3-16-14(18-10-6-13(19)7-11-18)17-12-15(2)8-4-5-9-15/h13,19H,3-12H2,1-2H3,(H,16,17). The molecule has 0 aromatic rings. The van der Waals surface area contributed by atoms with Crippen molar-refractivity contribution in [1.82, 2.24) is 10.2 Å². The van der Waals surface area contributed by atoms with Crippen molar-refractivity contribution < 1.29 is 5.11 Å². The molecule has 1 aliphatic carbocycles. The molecular weight excluding hydrogens is 238 g/mol. The van der Waals surface area contributed by atoms with Crippen molar-refractivity contribution in [1.29, 1.82) is 0 Å². The van der Waals surface area contributed by atoms with E-state index in [4.69, 9.17) is 4.99 Å². The van der Waals surface area contributed by atoms with Gasteiger partial charge in [-0.25, -0.2) is 0 Å². The van der Waals surface area contributed by atoms with Crippen LogP contribution in [-0.4, -0.2) is 48.2 Å². The molecule has 19 heavy (non-hydrogen) atoms. The van der Waals surface area contributed by atoms with Crippen LogP contribution in [-0.2, 0) is 0 Å². The summed E-state index contributed by atoms with van der Waals surface area (Å²) in [6.07, 6.45) is 6.95. The quantitative estimate of drug-likeness (QED) is 0.607. The highest BCUT2D eigenvalue weighted by Crippen LogP contribution is 2.37. The molecule has 0 aromatic carbocycles. The number of nitrogens with one attached hydrogen (secondary N) is 1. The maximum atomic E-state index is 9.60. The zero-order valence-corrected chi connectivity index (χ0v) is 12.5. The molecule has 110 valence electrons. The summed E-state index contributed by atoms with van der Waals surface area (Å²) in [6.45, 7) is 8.18. The highest BCUT2D eigenvalue weighted by molar-refractivity contribution is 5.80. The van der Waals surface area contributed by atoms with Gasteiger partial charge in [-0.1, -0.05) is 19.8 Å². The summed E-state index contributed by atoms with van der Waals surface area (Å²) >= 11 is 0. The summed E-state index contributed by atoms with van der Waals surface area (Å²) in [6, 6.07) is 0. The number of hydrogen-bond acceptors (Lipinski definition) is 2. The Morgan fingerprint density at radius 1 is 1.32 bits per heavy atom. The van der Waals surface area contributed by atoms with E-state index in [9.17, 15) is 5.11 Å². The average Bonchev–Trinajstić information content (AvgIpc) is 2.83. The van der Waals surface area contributed by atoms with E-state index < -0.39 is 0 Å². The van der Waals surface area contributed by atoms with Gasteiger partial charge in [0.1, 0.15) is 0 Å². The third-order valence-corrected chi connectivity index (χ3v) is 4.52. The van der Waals surface area contributed by atoms with Crippen LogP contribution in [0.1, 0.15) is 52.4 Å². The van der Waals surface area contributed by atoms with Gasteiger partial charge in [-0.3, -0.25) is 4.99 Å². The van der Waals surface area contributed by atoms with E-state index in [1.807, 2.05) is 0 Å². The molecule has 4 heteroatoms. The number of guanidine groups is 1. The molecule has 1 saturated heterocycles. The smallest absolute Gasteiger partial charge is 0.193 e. The topological polar surface area (TPSA) is 47.9 Å². The SMILES string of the molecule is CCNC(=NCC1(C)CCCC1)N1CCC(O)CC1. The third-order valence-electron chi connectivity index (χ3n) is 4.52. The Balaban J connectivity index is 1.94. The van der Waals surface area contributed by atoms with E-state index in [1.54, 1.807) is 0 Å². The van der Waals surface area contributed by atoms with E-state index >= 15 is 0 Å². The molecule has 1 saturated carbocycles. The highest BCUT2D eigenvalue weighted by atomic mass is 16.3. The van der Waals surface area contributed by atoms with Crippen molar-refractivity contribution in [3.05, 3.63) is 0 Å². The summed E-state index contributed by atoms with van der Waals surface area (Å²) in [5, 5.41) is 13.0. The van der Waals surface area contributed by atoms with E-state index in [-0.39, 0.29) is 6.10 Å². The number of nitrogens with zero attached hydrogens (tertiary/aromatic N) is 2. The number of aliphatic hydroxyl groups excluding tert-OH is 1. The lowest BCUT2D eigenvalue weighted by Gasteiger charge is -2.33. The predicted molar refractivity (Wildman–Crippen MR) is 79.4 cm³/mol. The van der Waals surface area contributed by atoms with Crippen molar-refractivity contribution in [2.45, 2.75) is 58.5 Å². The molecule has 0 atom stereocenters. The first-order chi connectivity index (χ1) is 9.13. The van der Waals surface area contributed by atoms with Crippen molar-refractivity contribution in [3.63, 3.8) is 0 Å². The summed E-state index contributed by atoms with van der Waals surface area (Å²) in [4.78, 5) is 7.17. The van der Waals surface area contributed by atoms with E-state index in [0.717, 1.165) is 45.0 Å². The molecule has 2 fully saturated rings. The fourth-order valence-corrected chi connectivity index (χ4v) is 3.16. The van der Waals surface area contributed by atoms with Crippen molar-refractivity contribution in [2.75, 3.05) is 26.2 Å². The lowest BCUT2D eigenvalue weighted by atomic mass is 9.89. The first kappa shape index (κ1) is 14.6. The molecule has 0 bridgehead atoms. The van der Waals surface area contributed by atoms with Crippen LogP contribution in [0, 0.1) is 5.41 Å². The van der Waals surface area contributed by atoms with Gasteiger partial charge in [0.2, 0.25) is 0 Å². The van der Waals surface area contributed by atoms with Gasteiger partial charge in [0.15, 0.2) is 5.96 Å². The molecule has 1 aliphatic heterocycles. The predicted octanol–water partition coefficient (Wildman–Crippen LogP) is 1.99. The van der Waals surface area contributed by atoms with Crippen LogP contribution in [0.5, 0.6) is 0 Å². The second kappa shape index (κ2) is 6.60. The highest BCUT2D eigenvalue weighted by Gasteiger charge is 2.29. The van der Waals surface area contributed by atoms with Crippen LogP contribution in [0.4, 0.5) is 0 Å². The fraction of sp³-hybridized carbons (Fsp3) is 0.933. The molecule has 2 N–H and O–H groups in total. The number of aliphatic hydroxyl groups is 1. The molecule has 0 unspecified atom stereocenters. The second-order valence-corrected chi connectivity index (χ2v) is 6.41. The van der Waals surface area contributed by atoms with Crippen LogP contribution >= 0.6 is 0 Å². The van der Waals surface area contributed by atoms with Gasteiger partial charge < -0.3 is 15.3 Å². The van der Waals surface area contributed by atoms with Gasteiger partial charge in [0.05, 0.1) is 6.10 Å². The van der Waals surface area contributed by atoms with Crippen LogP contribution in [0.15, 0.2) is 4.99 Å². The van der Waals surface area contributed by atoms with Crippen molar-refractivity contribution >= 4 is 5.96 Å². The molecule has 2 rings (SSSR count). The number of aliphatic imine (C=N–C) groups is 1. The van der Waals surface area contributed by atoms with Crippen molar-refractivity contribution in [2.24, 2.45) is 10.4 Å². The Morgan fingerprint density at radius 2 is 1.95 bits per heavy atom. The van der Waals surface area contributed by atoms with Crippen LogP contribution in [0.25, 0.3) is 0 Å². The minimum absolute atomic E-state index is 0.119. The zero-order chi connectivity index (χ0) is 13.7. The maximum Gasteiger partial charge on any atom is 0.193 e. The second-order valence-electron chi connectivity index (χ2n) is 6.41. The largest absolute Gasteiger partial charge is 0.393 e. The average molecular weight is 267 g/mol. The summed E-state index contributed by atoms with van der Waals surface area (Å²) in [5.41, 5.74) is 0.413. The normalized spacial score (nSPS) is 24.8. The Bertz CT molecular complexity index is 303. The Kier molecular flexibility index (Phi) is 5.08. The summed E-state index contributed by atoms with van der Waals surface area (Å²) in [5.74, 6) is 1.04. The van der Waals surface area contributed by atoms with Crippen LogP contribution in [0.3, 0.4) is 0 Å². The van der Waals surface area contributed by atoms with Gasteiger partial charge in [-0.05, 0) is 38.0 Å².